The van der Waals surface area contributed by atoms with E-state index >= 15 is 0 Å². The molecule has 1 spiro atoms. The molecule has 0 unspecified atom stereocenters. The van der Waals surface area contributed by atoms with Gasteiger partial charge in [0, 0.05) is 49.3 Å². The fraction of sp³-hybridized carbons (Fsp3) is 0.0380. The Hall–Kier alpha value is -10.9. The molecule has 84 heavy (non-hydrogen) atoms. The number of hydrogen-bond acceptors (Lipinski definition) is 5. The van der Waals surface area contributed by atoms with Crippen LogP contribution in [0.3, 0.4) is 0 Å². The molecule has 0 atom stereocenters. The van der Waals surface area contributed by atoms with Crippen LogP contribution >= 0.6 is 0 Å². The Morgan fingerprint density at radius 3 is 1.49 bits per heavy atom. The van der Waals surface area contributed by atoms with Gasteiger partial charge in [0.15, 0.2) is 11.2 Å². The van der Waals surface area contributed by atoms with Crippen LogP contribution in [0.4, 0.5) is 34.1 Å². The minimum absolute atomic E-state index is 0.807. The third-order valence-electron chi connectivity index (χ3n) is 18.1. The van der Waals surface area contributed by atoms with Gasteiger partial charge in [0.2, 0.25) is 0 Å². The van der Waals surface area contributed by atoms with Gasteiger partial charge in [-0.15, -0.1) is 0 Å². The number of benzene rings is 12. The van der Waals surface area contributed by atoms with Crippen LogP contribution in [0.25, 0.3) is 105 Å². The van der Waals surface area contributed by atoms with E-state index in [-0.39, 0.29) is 0 Å². The monoisotopic (exact) mass is 1070 g/mol. The van der Waals surface area contributed by atoms with Crippen molar-refractivity contribution in [2.24, 2.45) is 0 Å². The third-order valence-corrected chi connectivity index (χ3v) is 18.1. The second-order valence-electron chi connectivity index (χ2n) is 22.4. The van der Waals surface area contributed by atoms with Gasteiger partial charge in [-0.05, 0) is 124 Å². The Morgan fingerprint density at radius 2 is 0.833 bits per heavy atom. The largest absolute Gasteiger partial charge is 0.455 e. The molecule has 0 saturated carbocycles. The highest BCUT2D eigenvalue weighted by atomic mass is 16.3. The van der Waals surface area contributed by atoms with E-state index in [9.17, 15) is 0 Å². The standard InChI is InChI=1S/C79H50N2O3/c1-3-23-49(24-4-1)52-27-9-16-38-66(52)80(68-40-21-34-58-56-31-11-18-42-71(56)82-76(58)68)51-45-46-60-64(47-51)79(62-36-14-7-29-54(62)55-30-8-15-37-63(55)79)65-48-70(75-61-33-13-20-44-73(61)84-78(75)74(60)65)81(67-39-17-10-28-53(67)50-25-5-2-6-26-50)69-41-22-35-59-57-32-12-19-43-72(57)83-77(59)69/h2-3,5-48H,1,4H2. The maximum Gasteiger partial charge on any atom is 0.159 e. The maximum absolute atomic E-state index is 7.53. The average Bonchev–Trinajstić information content (AvgIpc) is 3.02. The normalized spacial score (nSPS) is 13.7. The number of allylic oxidation sites excluding steroid dienone is 4. The number of hydrogen-bond donors (Lipinski definition) is 0. The molecule has 3 aromatic heterocycles. The van der Waals surface area contributed by atoms with Gasteiger partial charge in [-0.2, -0.15) is 0 Å². The summed E-state index contributed by atoms with van der Waals surface area (Å²) in [4.78, 5) is 4.92. The van der Waals surface area contributed by atoms with Gasteiger partial charge in [0.25, 0.3) is 0 Å². The van der Waals surface area contributed by atoms with Gasteiger partial charge in [-0.3, -0.25) is 0 Å². The molecule has 0 aliphatic heterocycles. The molecule has 0 fully saturated rings. The molecule has 0 saturated heterocycles. The Kier molecular flexibility index (Phi) is 10.1. The van der Waals surface area contributed by atoms with Crippen molar-refractivity contribution in [3.8, 4) is 33.4 Å². The second kappa shape index (κ2) is 18.1. The summed E-state index contributed by atoms with van der Waals surface area (Å²) in [5.74, 6) is 0. The first-order valence-corrected chi connectivity index (χ1v) is 29.0. The molecule has 0 N–H and O–H groups in total. The van der Waals surface area contributed by atoms with Gasteiger partial charge < -0.3 is 23.1 Å². The molecule has 5 heteroatoms. The summed E-state index contributed by atoms with van der Waals surface area (Å²) in [6.45, 7) is 0. The van der Waals surface area contributed by atoms with Crippen LogP contribution < -0.4 is 9.80 Å². The summed E-state index contributed by atoms with van der Waals surface area (Å²) in [5.41, 5.74) is 24.1. The summed E-state index contributed by atoms with van der Waals surface area (Å²) < 4.78 is 21.6. The molecule has 3 aliphatic carbocycles. The van der Waals surface area contributed by atoms with Crippen LogP contribution in [-0.2, 0) is 5.41 Å². The van der Waals surface area contributed by atoms with Gasteiger partial charge in [-0.1, -0.05) is 218 Å². The quantitative estimate of drug-likeness (QED) is 0.152. The van der Waals surface area contributed by atoms with E-state index in [1.165, 1.54) is 33.4 Å². The fourth-order valence-electron chi connectivity index (χ4n) is 14.6. The predicted molar refractivity (Wildman–Crippen MR) is 346 cm³/mol. The predicted octanol–water partition coefficient (Wildman–Crippen LogP) is 22.1. The molecule has 0 bridgehead atoms. The number of nitrogens with zero attached hydrogens (tertiary/aromatic N) is 2. The van der Waals surface area contributed by atoms with E-state index in [1.54, 1.807) is 0 Å². The third kappa shape index (κ3) is 6.55. The Morgan fingerprint density at radius 1 is 0.321 bits per heavy atom. The molecule has 0 radical (unpaired) electrons. The summed E-state index contributed by atoms with van der Waals surface area (Å²) >= 11 is 0. The van der Waals surface area contributed by atoms with E-state index in [0.29, 0.717) is 0 Å². The van der Waals surface area contributed by atoms with E-state index < -0.39 is 5.41 Å². The summed E-state index contributed by atoms with van der Waals surface area (Å²) in [7, 11) is 0. The van der Waals surface area contributed by atoms with Gasteiger partial charge in [-0.25, -0.2) is 0 Å². The zero-order valence-electron chi connectivity index (χ0n) is 45.6. The molecule has 3 heterocycles. The first-order valence-electron chi connectivity index (χ1n) is 29.0. The average molecular weight is 1080 g/mol. The molecule has 12 aromatic carbocycles. The number of fused-ring (bicyclic) bond motifs is 20. The Bertz CT molecular complexity index is 5260. The highest BCUT2D eigenvalue weighted by molar-refractivity contribution is 6.22. The summed E-state index contributed by atoms with van der Waals surface area (Å²) in [6.07, 6.45) is 8.98. The van der Waals surface area contributed by atoms with Crippen LogP contribution in [0, 0.1) is 0 Å². The highest BCUT2D eigenvalue weighted by Crippen LogP contribution is 2.66. The molecule has 394 valence electrons. The van der Waals surface area contributed by atoms with Crippen LogP contribution in [0.5, 0.6) is 0 Å². The lowest BCUT2D eigenvalue weighted by atomic mass is 9.70. The summed E-state index contributed by atoms with van der Waals surface area (Å²) in [5, 5.41) is 6.34. The number of anilines is 6. The smallest absolute Gasteiger partial charge is 0.159 e. The molecule has 18 rings (SSSR count). The van der Waals surface area contributed by atoms with Crippen molar-refractivity contribution in [1.82, 2.24) is 0 Å². The first kappa shape index (κ1) is 46.8. The van der Waals surface area contributed by atoms with Crippen LogP contribution in [-0.4, -0.2) is 0 Å². The SMILES string of the molecule is C1=CC(c2ccccc2N(c2ccc3c(c2)C2(c4ccccc4-c4ccccc42)c2cc(N(c4ccccc4-c4ccccc4)c4cccc5c4oc4ccccc45)c4c(oc5ccccc54)c2-3)c2cccc3c2oc2ccccc23)=CCC1. The Labute approximate surface area is 484 Å². The van der Waals surface area contributed by atoms with Gasteiger partial charge >= 0.3 is 0 Å². The topological polar surface area (TPSA) is 45.9 Å². The number of para-hydroxylation sites is 7. The molecule has 5 nitrogen and oxygen atoms in total. The van der Waals surface area contributed by atoms with Crippen molar-refractivity contribution >= 4 is 106 Å². The highest BCUT2D eigenvalue weighted by Gasteiger charge is 2.53. The van der Waals surface area contributed by atoms with E-state index in [1.807, 2.05) is 0 Å². The molecular formula is C79H50N2O3. The van der Waals surface area contributed by atoms with Gasteiger partial charge in [0.1, 0.15) is 22.3 Å². The summed E-state index contributed by atoms with van der Waals surface area (Å²) in [6, 6.07) is 94.8. The van der Waals surface area contributed by atoms with Crippen LogP contribution in [0.2, 0.25) is 0 Å². The van der Waals surface area contributed by atoms with Crippen LogP contribution in [0.15, 0.2) is 292 Å². The lowest BCUT2D eigenvalue weighted by Crippen LogP contribution is -2.26. The minimum Gasteiger partial charge on any atom is -0.455 e. The number of furan rings is 3. The molecule has 3 aliphatic rings. The van der Waals surface area contributed by atoms with Crippen molar-refractivity contribution < 1.29 is 13.3 Å². The van der Waals surface area contributed by atoms with Crippen molar-refractivity contribution in [3.63, 3.8) is 0 Å². The minimum atomic E-state index is -0.822. The second-order valence-corrected chi connectivity index (χ2v) is 22.4. The van der Waals surface area contributed by atoms with Crippen molar-refractivity contribution in [1.29, 1.82) is 0 Å². The van der Waals surface area contributed by atoms with E-state index in [0.717, 1.165) is 146 Å². The van der Waals surface area contributed by atoms with Gasteiger partial charge in [0.05, 0.1) is 39.2 Å². The van der Waals surface area contributed by atoms with Crippen LogP contribution in [0.1, 0.15) is 40.7 Å². The molecule has 0 amide bonds. The molecule has 15 aromatic rings. The fourth-order valence-corrected chi connectivity index (χ4v) is 14.6. The van der Waals surface area contributed by atoms with Crippen molar-refractivity contribution in [2.75, 3.05) is 9.80 Å². The molecular weight excluding hydrogens is 1020 g/mol. The number of rotatable bonds is 8. The van der Waals surface area contributed by atoms with E-state index in [4.69, 9.17) is 13.3 Å². The lowest BCUT2D eigenvalue weighted by Gasteiger charge is -2.34. The first-order chi connectivity index (χ1) is 41.7. The van der Waals surface area contributed by atoms with Crippen molar-refractivity contribution in [3.05, 3.63) is 307 Å². The Balaban J connectivity index is 0.980. The van der Waals surface area contributed by atoms with E-state index in [2.05, 4.69) is 289 Å². The lowest BCUT2D eigenvalue weighted by molar-refractivity contribution is 0.668. The zero-order valence-corrected chi connectivity index (χ0v) is 45.6. The zero-order chi connectivity index (χ0) is 55.0. The maximum atomic E-state index is 7.53. The van der Waals surface area contributed by atoms with Crippen molar-refractivity contribution in [2.45, 2.75) is 18.3 Å².